The van der Waals surface area contributed by atoms with E-state index in [2.05, 4.69) is 4.98 Å². The molecule has 4 bridgehead atoms. The summed E-state index contributed by atoms with van der Waals surface area (Å²) in [4.78, 5) is 4.58. The van der Waals surface area contributed by atoms with Gasteiger partial charge in [-0.05, 0) is 55.8 Å². The number of nitrogens with zero attached hydrogens (tertiary/aromatic N) is 1. The topological polar surface area (TPSA) is 52.0 Å². The molecule has 17 heavy (non-hydrogen) atoms. The van der Waals surface area contributed by atoms with Crippen LogP contribution in [0.2, 0.25) is 0 Å². The molecule has 0 amide bonds. The molecule has 0 unspecified atom stereocenters. The zero-order chi connectivity index (χ0) is 11.4. The molecule has 0 radical (unpaired) electrons. The Hall–Kier alpha value is -0.830. The third kappa shape index (κ3) is 1.48. The summed E-state index contributed by atoms with van der Waals surface area (Å²) in [5.74, 6) is 5.30. The fourth-order valence-corrected chi connectivity index (χ4v) is 4.90. The van der Waals surface area contributed by atoms with Crippen molar-refractivity contribution < 1.29 is 4.42 Å². The molecule has 2 N–H and O–H groups in total. The van der Waals surface area contributed by atoms with Crippen molar-refractivity contribution >= 4 is 0 Å². The third-order valence-electron chi connectivity index (χ3n) is 5.29. The zero-order valence-electron chi connectivity index (χ0n) is 10.1. The number of oxazole rings is 1. The lowest BCUT2D eigenvalue weighted by molar-refractivity contribution is -0.0114. The van der Waals surface area contributed by atoms with Crippen LogP contribution in [0.3, 0.4) is 0 Å². The molecule has 1 heterocycles. The van der Waals surface area contributed by atoms with Gasteiger partial charge in [0.25, 0.3) is 0 Å². The minimum Gasteiger partial charge on any atom is -0.448 e. The molecule has 1 aromatic heterocycles. The van der Waals surface area contributed by atoms with Gasteiger partial charge in [-0.2, -0.15) is 0 Å². The van der Waals surface area contributed by atoms with E-state index in [-0.39, 0.29) is 0 Å². The first-order valence-corrected chi connectivity index (χ1v) is 6.98. The molecule has 0 aromatic carbocycles. The second-order valence-corrected chi connectivity index (χ2v) is 6.34. The second kappa shape index (κ2) is 3.58. The first kappa shape index (κ1) is 10.1. The number of rotatable bonds is 2. The van der Waals surface area contributed by atoms with E-state index in [4.69, 9.17) is 10.2 Å². The standard InChI is InChI=1S/C14H20N2O/c15-6-12-7-17-14(16-12)13-10-2-8-1-9(4-10)5-11(13)3-8/h7-11,13H,1-6,15H2. The van der Waals surface area contributed by atoms with Crippen LogP contribution < -0.4 is 5.73 Å². The Bertz CT molecular complexity index is 398. The second-order valence-electron chi connectivity index (χ2n) is 6.34. The maximum Gasteiger partial charge on any atom is 0.197 e. The number of hydrogen-bond donors (Lipinski definition) is 1. The molecule has 0 spiro atoms. The predicted molar refractivity (Wildman–Crippen MR) is 64.2 cm³/mol. The lowest BCUT2D eigenvalue weighted by Gasteiger charge is -2.53. The maximum atomic E-state index is 5.69. The first-order chi connectivity index (χ1) is 8.33. The van der Waals surface area contributed by atoms with Crippen LogP contribution in [0.15, 0.2) is 10.7 Å². The summed E-state index contributed by atoms with van der Waals surface area (Å²) in [6.07, 6.45) is 8.91. The SMILES string of the molecule is NCc1coc(C2C3CC4CC(C3)CC2C4)n1. The van der Waals surface area contributed by atoms with Crippen molar-refractivity contribution in [2.75, 3.05) is 0 Å². The van der Waals surface area contributed by atoms with Crippen LogP contribution in [0.1, 0.15) is 49.6 Å². The Morgan fingerprint density at radius 2 is 1.76 bits per heavy atom. The minimum absolute atomic E-state index is 0.497. The van der Waals surface area contributed by atoms with Crippen molar-refractivity contribution in [1.29, 1.82) is 0 Å². The quantitative estimate of drug-likeness (QED) is 0.853. The molecule has 0 atom stereocenters. The van der Waals surface area contributed by atoms with E-state index in [0.717, 1.165) is 35.3 Å². The highest BCUT2D eigenvalue weighted by Gasteiger charge is 2.50. The summed E-state index contributed by atoms with van der Waals surface area (Å²) < 4.78 is 5.69. The Morgan fingerprint density at radius 1 is 1.12 bits per heavy atom. The van der Waals surface area contributed by atoms with Gasteiger partial charge in [0.2, 0.25) is 0 Å². The molecule has 4 fully saturated rings. The van der Waals surface area contributed by atoms with Crippen LogP contribution in [0, 0.1) is 23.7 Å². The Morgan fingerprint density at radius 3 is 2.29 bits per heavy atom. The van der Waals surface area contributed by atoms with Crippen molar-refractivity contribution in [3.8, 4) is 0 Å². The van der Waals surface area contributed by atoms with Crippen LogP contribution in [-0.2, 0) is 6.54 Å². The van der Waals surface area contributed by atoms with Crippen molar-refractivity contribution in [1.82, 2.24) is 4.98 Å². The van der Waals surface area contributed by atoms with E-state index in [9.17, 15) is 0 Å². The predicted octanol–water partition coefficient (Wildman–Crippen LogP) is 2.67. The molecule has 1 aromatic rings. The Balaban J connectivity index is 1.65. The minimum atomic E-state index is 0.497. The van der Waals surface area contributed by atoms with Crippen molar-refractivity contribution in [3.63, 3.8) is 0 Å². The molecular formula is C14H20N2O. The molecule has 4 aliphatic rings. The summed E-state index contributed by atoms with van der Waals surface area (Å²) in [5, 5.41) is 0. The van der Waals surface area contributed by atoms with Crippen LogP contribution in [0.4, 0.5) is 0 Å². The van der Waals surface area contributed by atoms with E-state index in [0.29, 0.717) is 12.5 Å². The Kier molecular flexibility index (Phi) is 2.13. The largest absolute Gasteiger partial charge is 0.448 e. The van der Waals surface area contributed by atoms with Gasteiger partial charge in [-0.25, -0.2) is 4.98 Å². The van der Waals surface area contributed by atoms with Gasteiger partial charge in [-0.1, -0.05) is 0 Å². The summed E-state index contributed by atoms with van der Waals surface area (Å²) in [6.45, 7) is 0.497. The van der Waals surface area contributed by atoms with Crippen LogP contribution in [0.25, 0.3) is 0 Å². The number of aromatic nitrogens is 1. The summed E-state index contributed by atoms with van der Waals surface area (Å²) in [5.41, 5.74) is 6.53. The van der Waals surface area contributed by atoms with E-state index in [1.54, 1.807) is 6.26 Å². The van der Waals surface area contributed by atoms with Gasteiger partial charge < -0.3 is 10.2 Å². The van der Waals surface area contributed by atoms with Crippen molar-refractivity contribution in [3.05, 3.63) is 17.8 Å². The highest BCUT2D eigenvalue weighted by molar-refractivity contribution is 5.10. The van der Waals surface area contributed by atoms with Crippen molar-refractivity contribution in [2.24, 2.45) is 29.4 Å². The molecule has 0 saturated heterocycles. The summed E-state index contributed by atoms with van der Waals surface area (Å²) in [7, 11) is 0. The van der Waals surface area contributed by atoms with Crippen LogP contribution in [-0.4, -0.2) is 4.98 Å². The van der Waals surface area contributed by atoms with Crippen molar-refractivity contribution in [2.45, 2.75) is 44.6 Å². The smallest absolute Gasteiger partial charge is 0.197 e. The fraction of sp³-hybridized carbons (Fsp3) is 0.786. The van der Waals surface area contributed by atoms with Gasteiger partial charge in [0.1, 0.15) is 6.26 Å². The molecular weight excluding hydrogens is 212 g/mol. The van der Waals surface area contributed by atoms with E-state index in [1.807, 2.05) is 0 Å². The zero-order valence-corrected chi connectivity index (χ0v) is 10.1. The van der Waals surface area contributed by atoms with Gasteiger partial charge in [0.15, 0.2) is 5.89 Å². The lowest BCUT2D eigenvalue weighted by Crippen LogP contribution is -2.43. The molecule has 0 aliphatic heterocycles. The first-order valence-electron chi connectivity index (χ1n) is 6.98. The molecule has 92 valence electrons. The summed E-state index contributed by atoms with van der Waals surface area (Å²) in [6, 6.07) is 0. The highest BCUT2D eigenvalue weighted by Crippen LogP contribution is 2.59. The number of nitrogens with two attached hydrogens (primary N) is 1. The lowest BCUT2D eigenvalue weighted by atomic mass is 9.52. The molecule has 3 heteroatoms. The average Bonchev–Trinajstić information content (AvgIpc) is 2.76. The third-order valence-corrected chi connectivity index (χ3v) is 5.29. The molecule has 5 rings (SSSR count). The van der Waals surface area contributed by atoms with Gasteiger partial charge in [0.05, 0.1) is 5.69 Å². The van der Waals surface area contributed by atoms with Gasteiger partial charge in [-0.15, -0.1) is 0 Å². The fourth-order valence-electron chi connectivity index (χ4n) is 4.90. The van der Waals surface area contributed by atoms with Crippen LogP contribution >= 0.6 is 0 Å². The number of hydrogen-bond acceptors (Lipinski definition) is 3. The Labute approximate surface area is 102 Å². The maximum absolute atomic E-state index is 5.69. The summed E-state index contributed by atoms with van der Waals surface area (Å²) >= 11 is 0. The van der Waals surface area contributed by atoms with Crippen LogP contribution in [0.5, 0.6) is 0 Å². The van der Waals surface area contributed by atoms with Gasteiger partial charge >= 0.3 is 0 Å². The highest BCUT2D eigenvalue weighted by atomic mass is 16.3. The van der Waals surface area contributed by atoms with E-state index in [1.165, 1.54) is 32.1 Å². The normalized spacial score (nSPS) is 43.2. The van der Waals surface area contributed by atoms with Gasteiger partial charge in [0, 0.05) is 12.5 Å². The molecule has 3 nitrogen and oxygen atoms in total. The molecule has 4 aliphatic carbocycles. The van der Waals surface area contributed by atoms with E-state index >= 15 is 0 Å². The average molecular weight is 232 g/mol. The van der Waals surface area contributed by atoms with E-state index < -0.39 is 0 Å². The molecule has 4 saturated carbocycles. The monoisotopic (exact) mass is 232 g/mol. The van der Waals surface area contributed by atoms with Gasteiger partial charge in [-0.3, -0.25) is 0 Å².